The van der Waals surface area contributed by atoms with Gasteiger partial charge in [0.05, 0.1) is 0 Å². The minimum absolute atomic E-state index is 0.00142. The van der Waals surface area contributed by atoms with E-state index in [1.165, 1.54) is 0 Å². The molecular formula is C26H30F2N6O. The molecule has 1 aliphatic heterocycles. The third kappa shape index (κ3) is 4.69. The van der Waals surface area contributed by atoms with Crippen LogP contribution in [0.4, 0.5) is 14.6 Å². The number of alkyl halides is 2. The second kappa shape index (κ2) is 9.45. The second-order valence-corrected chi connectivity index (χ2v) is 9.65. The number of halogens is 2. The van der Waals surface area contributed by atoms with Gasteiger partial charge in [-0.1, -0.05) is 24.3 Å². The summed E-state index contributed by atoms with van der Waals surface area (Å²) in [5.41, 5.74) is 8.52. The molecule has 35 heavy (non-hydrogen) atoms. The topological polar surface area (TPSA) is 88.2 Å². The van der Waals surface area contributed by atoms with Crippen LogP contribution in [0, 0.1) is 5.92 Å². The zero-order valence-corrected chi connectivity index (χ0v) is 19.8. The van der Waals surface area contributed by atoms with Gasteiger partial charge in [-0.05, 0) is 31.4 Å². The van der Waals surface area contributed by atoms with E-state index in [9.17, 15) is 13.6 Å². The van der Waals surface area contributed by atoms with Gasteiger partial charge in [0.25, 0.3) is 0 Å². The summed E-state index contributed by atoms with van der Waals surface area (Å²) in [6.07, 6.45) is 3.67. The van der Waals surface area contributed by atoms with Gasteiger partial charge in [-0.2, -0.15) is 0 Å². The van der Waals surface area contributed by atoms with Gasteiger partial charge in [-0.3, -0.25) is 9.78 Å². The van der Waals surface area contributed by atoms with Gasteiger partial charge >= 0.3 is 0 Å². The zero-order valence-electron chi connectivity index (χ0n) is 19.8. The molecular weight excluding hydrogens is 450 g/mol. The fraction of sp³-hybridized carbons (Fsp3) is 0.462. The van der Waals surface area contributed by atoms with E-state index in [2.05, 4.69) is 20.1 Å². The molecule has 7 nitrogen and oxygen atoms in total. The third-order valence-corrected chi connectivity index (χ3v) is 7.30. The lowest BCUT2D eigenvalue weighted by atomic mass is 9.85. The average Bonchev–Trinajstić information content (AvgIpc) is 2.88. The van der Waals surface area contributed by atoms with Crippen molar-refractivity contribution in [2.45, 2.75) is 51.1 Å². The molecule has 1 atom stereocenters. The van der Waals surface area contributed by atoms with Crippen LogP contribution in [0.1, 0.15) is 38.2 Å². The standard InChI is InChI=1S/C26H30F2N6O/c1-17-16-33(12-13-34(17)25(35)20-6-9-26(27,28)10-7-20)24-22-15-30-11-8-21(22)23(31-32-24)19-4-2-18(14-29)3-5-19/h2-5,8,11,15,17,20H,6-7,9-10,12-14,16,29H2,1H3/t17-/m0/s1. The van der Waals surface area contributed by atoms with Crippen molar-refractivity contribution in [2.24, 2.45) is 11.7 Å². The molecule has 184 valence electrons. The molecule has 0 unspecified atom stereocenters. The number of hydrogen-bond acceptors (Lipinski definition) is 6. The molecule has 1 saturated heterocycles. The van der Waals surface area contributed by atoms with E-state index in [0.717, 1.165) is 33.4 Å². The number of amides is 1. The van der Waals surface area contributed by atoms with Crippen molar-refractivity contribution < 1.29 is 13.6 Å². The molecule has 1 saturated carbocycles. The van der Waals surface area contributed by atoms with Crippen molar-refractivity contribution in [1.82, 2.24) is 20.1 Å². The van der Waals surface area contributed by atoms with E-state index in [1.807, 2.05) is 48.4 Å². The summed E-state index contributed by atoms with van der Waals surface area (Å²) in [5, 5.41) is 11.0. The van der Waals surface area contributed by atoms with E-state index in [0.29, 0.717) is 26.2 Å². The van der Waals surface area contributed by atoms with Crippen LogP contribution >= 0.6 is 0 Å². The molecule has 0 radical (unpaired) electrons. The number of carbonyl (C=O) groups excluding carboxylic acids is 1. The highest BCUT2D eigenvalue weighted by molar-refractivity contribution is 5.99. The van der Waals surface area contributed by atoms with E-state index in [4.69, 9.17) is 5.73 Å². The fourth-order valence-corrected chi connectivity index (χ4v) is 5.23. The van der Waals surface area contributed by atoms with Crippen molar-refractivity contribution >= 4 is 22.5 Å². The normalized spacial score (nSPS) is 20.9. The number of aromatic nitrogens is 3. The van der Waals surface area contributed by atoms with E-state index >= 15 is 0 Å². The number of hydrogen-bond donors (Lipinski definition) is 1. The van der Waals surface area contributed by atoms with Gasteiger partial charge in [0.2, 0.25) is 11.8 Å². The Bertz CT molecular complexity index is 1210. The van der Waals surface area contributed by atoms with Crippen molar-refractivity contribution in [1.29, 1.82) is 0 Å². The largest absolute Gasteiger partial charge is 0.351 e. The molecule has 1 aliphatic carbocycles. The minimum atomic E-state index is -2.63. The Hall–Kier alpha value is -3.20. The van der Waals surface area contributed by atoms with Crippen molar-refractivity contribution in [2.75, 3.05) is 24.5 Å². The lowest BCUT2D eigenvalue weighted by Crippen LogP contribution is -2.56. The van der Waals surface area contributed by atoms with Crippen LogP contribution in [0.5, 0.6) is 0 Å². The molecule has 2 aromatic heterocycles. The van der Waals surface area contributed by atoms with Gasteiger partial charge in [0.1, 0.15) is 5.69 Å². The van der Waals surface area contributed by atoms with Gasteiger partial charge in [-0.25, -0.2) is 8.78 Å². The van der Waals surface area contributed by atoms with Crippen molar-refractivity contribution in [3.05, 3.63) is 48.3 Å². The maximum absolute atomic E-state index is 13.5. The fourth-order valence-electron chi connectivity index (χ4n) is 5.23. The Kier molecular flexibility index (Phi) is 6.35. The molecule has 3 aromatic rings. The summed E-state index contributed by atoms with van der Waals surface area (Å²) >= 11 is 0. The Labute approximate surface area is 203 Å². The molecule has 0 bridgehead atoms. The predicted molar refractivity (Wildman–Crippen MR) is 131 cm³/mol. The Morgan fingerprint density at radius 1 is 1.09 bits per heavy atom. The summed E-state index contributed by atoms with van der Waals surface area (Å²) in [6, 6.07) is 9.86. The predicted octanol–water partition coefficient (Wildman–Crippen LogP) is 4.01. The number of carbonyl (C=O) groups is 1. The summed E-state index contributed by atoms with van der Waals surface area (Å²) in [6.45, 7) is 4.21. The first kappa shape index (κ1) is 23.5. The first-order valence-corrected chi connectivity index (χ1v) is 12.2. The number of pyridine rings is 1. The van der Waals surface area contributed by atoms with Crippen LogP contribution in [0.15, 0.2) is 42.7 Å². The maximum Gasteiger partial charge on any atom is 0.248 e. The summed E-state index contributed by atoms with van der Waals surface area (Å²) < 4.78 is 27.1. The highest BCUT2D eigenvalue weighted by Crippen LogP contribution is 2.38. The summed E-state index contributed by atoms with van der Waals surface area (Å²) in [7, 11) is 0. The molecule has 5 rings (SSSR count). The third-order valence-electron chi connectivity index (χ3n) is 7.30. The first-order chi connectivity index (χ1) is 16.9. The molecule has 1 amide bonds. The molecule has 2 fully saturated rings. The lowest BCUT2D eigenvalue weighted by Gasteiger charge is -2.42. The van der Waals surface area contributed by atoms with E-state index in [1.54, 1.807) is 6.20 Å². The Morgan fingerprint density at radius 3 is 2.51 bits per heavy atom. The van der Waals surface area contributed by atoms with Gasteiger partial charge in [-0.15, -0.1) is 10.2 Å². The smallest absolute Gasteiger partial charge is 0.248 e. The van der Waals surface area contributed by atoms with Crippen LogP contribution in [-0.2, 0) is 11.3 Å². The minimum Gasteiger partial charge on any atom is -0.351 e. The van der Waals surface area contributed by atoms with Crippen molar-refractivity contribution in [3.8, 4) is 11.3 Å². The zero-order chi connectivity index (χ0) is 24.6. The number of nitrogens with two attached hydrogens (primary N) is 1. The summed E-state index contributed by atoms with van der Waals surface area (Å²) in [4.78, 5) is 21.4. The van der Waals surface area contributed by atoms with Crippen molar-refractivity contribution in [3.63, 3.8) is 0 Å². The number of anilines is 1. The van der Waals surface area contributed by atoms with Crippen LogP contribution in [0.3, 0.4) is 0 Å². The molecule has 9 heteroatoms. The number of benzene rings is 1. The SMILES string of the molecule is C[C@H]1CN(c2nnc(-c3ccc(CN)cc3)c3ccncc23)CCN1C(=O)C1CCC(F)(F)CC1. The maximum atomic E-state index is 13.5. The highest BCUT2D eigenvalue weighted by atomic mass is 19.3. The first-order valence-electron chi connectivity index (χ1n) is 12.2. The average molecular weight is 481 g/mol. The summed E-state index contributed by atoms with van der Waals surface area (Å²) in [5.74, 6) is -2.19. The number of piperazine rings is 1. The Morgan fingerprint density at radius 2 is 1.83 bits per heavy atom. The van der Waals surface area contributed by atoms with Gasteiger partial charge in [0, 0.05) is 79.7 Å². The number of nitrogens with zero attached hydrogens (tertiary/aromatic N) is 5. The molecule has 1 aromatic carbocycles. The number of rotatable bonds is 4. The number of fused-ring (bicyclic) bond motifs is 1. The monoisotopic (exact) mass is 480 g/mol. The molecule has 0 spiro atoms. The Balaban J connectivity index is 1.36. The van der Waals surface area contributed by atoms with Gasteiger partial charge < -0.3 is 15.5 Å². The molecule has 2 N–H and O–H groups in total. The lowest BCUT2D eigenvalue weighted by molar-refractivity contribution is -0.142. The van der Waals surface area contributed by atoms with Gasteiger partial charge in [0.15, 0.2) is 5.82 Å². The molecule has 3 heterocycles. The highest BCUT2D eigenvalue weighted by Gasteiger charge is 2.40. The van der Waals surface area contributed by atoms with E-state index < -0.39 is 5.92 Å². The van der Waals surface area contributed by atoms with Crippen LogP contribution in [0.2, 0.25) is 0 Å². The quantitative estimate of drug-likeness (QED) is 0.607. The van der Waals surface area contributed by atoms with Crippen LogP contribution in [0.25, 0.3) is 22.0 Å². The van der Waals surface area contributed by atoms with Crippen LogP contribution < -0.4 is 10.6 Å². The van der Waals surface area contributed by atoms with E-state index in [-0.39, 0.29) is 43.6 Å². The van der Waals surface area contributed by atoms with Crippen LogP contribution in [-0.4, -0.2) is 57.6 Å². The molecule has 2 aliphatic rings. The second-order valence-electron chi connectivity index (χ2n) is 9.65.